The van der Waals surface area contributed by atoms with Crippen molar-refractivity contribution < 1.29 is 0 Å². The molecule has 0 saturated carbocycles. The van der Waals surface area contributed by atoms with E-state index in [1.54, 1.807) is 11.3 Å². The number of para-hydroxylation sites is 1. The first-order valence-corrected chi connectivity index (χ1v) is 7.99. The number of alkyl halides is 1. The molecule has 0 saturated heterocycles. The molecule has 0 aliphatic carbocycles. The zero-order valence-corrected chi connectivity index (χ0v) is 13.3. The highest BCUT2D eigenvalue weighted by molar-refractivity contribution is 7.18. The Balaban J connectivity index is 2.04. The van der Waals surface area contributed by atoms with Crippen molar-refractivity contribution in [3.05, 3.63) is 29.3 Å². The highest BCUT2D eigenvalue weighted by Gasteiger charge is 2.23. The third-order valence-corrected chi connectivity index (χ3v) is 4.54. The maximum atomic E-state index is 5.90. The second kappa shape index (κ2) is 6.21. The molecule has 0 spiro atoms. The van der Waals surface area contributed by atoms with Gasteiger partial charge in [-0.1, -0.05) is 32.9 Å². The van der Waals surface area contributed by atoms with Gasteiger partial charge in [0.05, 0.1) is 10.2 Å². The zero-order chi connectivity index (χ0) is 13.9. The Labute approximate surface area is 124 Å². The summed E-state index contributed by atoms with van der Waals surface area (Å²) in [5, 5.41) is 4.74. The summed E-state index contributed by atoms with van der Waals surface area (Å²) in [6.07, 6.45) is 0.982. The van der Waals surface area contributed by atoms with Gasteiger partial charge in [0.15, 0.2) is 0 Å². The lowest BCUT2D eigenvalue weighted by molar-refractivity contribution is 0.260. The van der Waals surface area contributed by atoms with Crippen LogP contribution in [0.5, 0.6) is 0 Å². The number of aromatic nitrogens is 1. The van der Waals surface area contributed by atoms with Gasteiger partial charge in [-0.2, -0.15) is 0 Å². The minimum Gasteiger partial charge on any atom is -0.307 e. The molecular weight excluding hydrogens is 276 g/mol. The molecule has 19 heavy (non-hydrogen) atoms. The lowest BCUT2D eigenvalue weighted by Crippen LogP contribution is -2.40. The quantitative estimate of drug-likeness (QED) is 0.826. The Morgan fingerprint density at radius 2 is 2.05 bits per heavy atom. The van der Waals surface area contributed by atoms with Gasteiger partial charge in [-0.3, -0.25) is 0 Å². The summed E-state index contributed by atoms with van der Waals surface area (Å²) in [6, 6.07) is 8.69. The monoisotopic (exact) mass is 296 g/mol. The zero-order valence-electron chi connectivity index (χ0n) is 11.7. The first-order valence-electron chi connectivity index (χ1n) is 6.64. The standard InChI is InChI=1S/C15H21ClN2S/c1-15(2,3)13(8-9-16)17-10-14-18-11-6-4-5-7-12(11)19-14/h4-7,13,17H,8-10H2,1-3H3. The number of rotatable bonds is 5. The summed E-state index contributed by atoms with van der Waals surface area (Å²) in [7, 11) is 0. The van der Waals surface area contributed by atoms with Crippen molar-refractivity contribution in [1.29, 1.82) is 0 Å². The number of nitrogens with one attached hydrogen (secondary N) is 1. The third kappa shape index (κ3) is 3.91. The average Bonchev–Trinajstić information content (AvgIpc) is 2.75. The number of nitrogens with zero attached hydrogens (tertiary/aromatic N) is 1. The largest absolute Gasteiger partial charge is 0.307 e. The molecule has 2 rings (SSSR count). The van der Waals surface area contributed by atoms with Crippen LogP contribution < -0.4 is 5.32 Å². The fourth-order valence-corrected chi connectivity index (χ4v) is 3.29. The fourth-order valence-electron chi connectivity index (χ4n) is 2.16. The van der Waals surface area contributed by atoms with Crippen molar-refractivity contribution in [2.24, 2.45) is 5.41 Å². The van der Waals surface area contributed by atoms with Crippen LogP contribution in [0.25, 0.3) is 10.2 Å². The van der Waals surface area contributed by atoms with Crippen molar-refractivity contribution in [2.75, 3.05) is 5.88 Å². The average molecular weight is 297 g/mol. The molecule has 2 aromatic rings. The van der Waals surface area contributed by atoms with E-state index in [-0.39, 0.29) is 5.41 Å². The van der Waals surface area contributed by atoms with E-state index >= 15 is 0 Å². The van der Waals surface area contributed by atoms with E-state index in [1.807, 2.05) is 6.07 Å². The van der Waals surface area contributed by atoms with Gasteiger partial charge >= 0.3 is 0 Å². The molecule has 1 unspecified atom stereocenters. The Bertz CT molecular complexity index is 497. The van der Waals surface area contributed by atoms with Gasteiger partial charge in [0.1, 0.15) is 5.01 Å². The van der Waals surface area contributed by atoms with Crippen LogP contribution in [-0.2, 0) is 6.54 Å². The third-order valence-electron chi connectivity index (χ3n) is 3.28. The van der Waals surface area contributed by atoms with Crippen LogP contribution in [-0.4, -0.2) is 16.9 Å². The van der Waals surface area contributed by atoms with E-state index < -0.39 is 0 Å². The molecule has 0 amide bonds. The second-order valence-electron chi connectivity index (χ2n) is 5.85. The Morgan fingerprint density at radius 1 is 1.32 bits per heavy atom. The predicted molar refractivity (Wildman–Crippen MR) is 85.0 cm³/mol. The molecule has 1 aromatic carbocycles. The highest BCUT2D eigenvalue weighted by atomic mass is 35.5. The number of hydrogen-bond acceptors (Lipinski definition) is 3. The maximum Gasteiger partial charge on any atom is 0.108 e. The molecule has 1 aromatic heterocycles. The number of hydrogen-bond donors (Lipinski definition) is 1. The topological polar surface area (TPSA) is 24.9 Å². The van der Waals surface area contributed by atoms with E-state index in [9.17, 15) is 0 Å². The summed E-state index contributed by atoms with van der Waals surface area (Å²) in [4.78, 5) is 4.65. The maximum absolute atomic E-state index is 5.90. The van der Waals surface area contributed by atoms with E-state index in [2.05, 4.69) is 49.3 Å². The van der Waals surface area contributed by atoms with Crippen molar-refractivity contribution in [1.82, 2.24) is 10.3 Å². The van der Waals surface area contributed by atoms with Crippen LogP contribution in [0.15, 0.2) is 24.3 Å². The molecule has 1 heterocycles. The molecule has 0 bridgehead atoms. The summed E-state index contributed by atoms with van der Waals surface area (Å²) >= 11 is 7.66. The fraction of sp³-hybridized carbons (Fsp3) is 0.533. The minimum atomic E-state index is 0.214. The summed E-state index contributed by atoms with van der Waals surface area (Å²) in [5.74, 6) is 0.689. The van der Waals surface area contributed by atoms with Crippen LogP contribution in [0, 0.1) is 5.41 Å². The molecule has 1 N–H and O–H groups in total. The van der Waals surface area contributed by atoms with Gasteiger partial charge in [0.25, 0.3) is 0 Å². The normalized spacial score (nSPS) is 13.9. The first kappa shape index (κ1) is 14.8. The molecular formula is C15H21ClN2S. The summed E-state index contributed by atoms with van der Waals surface area (Å²) in [5.41, 5.74) is 1.31. The lowest BCUT2D eigenvalue weighted by atomic mass is 9.85. The molecule has 2 nitrogen and oxygen atoms in total. The van der Waals surface area contributed by atoms with Crippen LogP contribution in [0.4, 0.5) is 0 Å². The van der Waals surface area contributed by atoms with E-state index in [0.29, 0.717) is 11.9 Å². The molecule has 0 aliphatic heterocycles. The first-order chi connectivity index (χ1) is 9.00. The van der Waals surface area contributed by atoms with Crippen molar-refractivity contribution in [3.8, 4) is 0 Å². The van der Waals surface area contributed by atoms with Gasteiger partial charge in [0, 0.05) is 18.5 Å². The molecule has 4 heteroatoms. The van der Waals surface area contributed by atoms with Crippen LogP contribution in [0.1, 0.15) is 32.2 Å². The molecule has 104 valence electrons. The predicted octanol–water partition coefficient (Wildman–Crippen LogP) is 4.43. The minimum absolute atomic E-state index is 0.214. The summed E-state index contributed by atoms with van der Waals surface area (Å²) < 4.78 is 1.25. The molecule has 0 radical (unpaired) electrons. The number of benzene rings is 1. The highest BCUT2D eigenvalue weighted by Crippen LogP contribution is 2.25. The van der Waals surface area contributed by atoms with E-state index in [0.717, 1.165) is 23.5 Å². The van der Waals surface area contributed by atoms with Crippen molar-refractivity contribution in [3.63, 3.8) is 0 Å². The SMILES string of the molecule is CC(C)(C)C(CCCl)NCc1nc2ccccc2s1. The van der Waals surface area contributed by atoms with E-state index in [4.69, 9.17) is 11.6 Å². The smallest absolute Gasteiger partial charge is 0.108 e. The summed E-state index contributed by atoms with van der Waals surface area (Å²) in [6.45, 7) is 7.55. The van der Waals surface area contributed by atoms with Gasteiger partial charge in [-0.25, -0.2) is 4.98 Å². The van der Waals surface area contributed by atoms with E-state index in [1.165, 1.54) is 4.70 Å². The van der Waals surface area contributed by atoms with Crippen LogP contribution in [0.3, 0.4) is 0 Å². The molecule has 0 aliphatic rings. The van der Waals surface area contributed by atoms with Crippen LogP contribution in [0.2, 0.25) is 0 Å². The number of fused-ring (bicyclic) bond motifs is 1. The molecule has 0 fully saturated rings. The van der Waals surface area contributed by atoms with Gasteiger partial charge in [0.2, 0.25) is 0 Å². The number of halogens is 1. The van der Waals surface area contributed by atoms with Crippen molar-refractivity contribution >= 4 is 33.2 Å². The Morgan fingerprint density at radius 3 is 2.68 bits per heavy atom. The Hall–Kier alpha value is -0.640. The number of thiazole rings is 1. The van der Waals surface area contributed by atoms with Gasteiger partial charge in [-0.05, 0) is 24.0 Å². The van der Waals surface area contributed by atoms with Crippen molar-refractivity contribution in [2.45, 2.75) is 39.8 Å². The van der Waals surface area contributed by atoms with Gasteiger partial charge < -0.3 is 5.32 Å². The molecule has 1 atom stereocenters. The van der Waals surface area contributed by atoms with Crippen LogP contribution >= 0.6 is 22.9 Å². The van der Waals surface area contributed by atoms with Gasteiger partial charge in [-0.15, -0.1) is 22.9 Å². The Kier molecular flexibility index (Phi) is 4.82. The second-order valence-corrected chi connectivity index (χ2v) is 7.35. The lowest BCUT2D eigenvalue weighted by Gasteiger charge is -2.31.